The molecule has 2 nitrogen and oxygen atoms in total. The zero-order valence-electron chi connectivity index (χ0n) is 11.4. The highest BCUT2D eigenvalue weighted by Crippen LogP contribution is 2.25. The first-order valence-corrected chi connectivity index (χ1v) is 6.80. The Labute approximate surface area is 108 Å². The highest BCUT2D eigenvalue weighted by atomic mass is 19.3. The SMILES string of the molecule is CCCCCCC(=O)C(F)(F)CCCCC(C)=O. The zero-order chi connectivity index (χ0) is 14.0. The first-order chi connectivity index (χ1) is 8.40. The van der Waals surface area contributed by atoms with Crippen molar-refractivity contribution in [3.05, 3.63) is 0 Å². The topological polar surface area (TPSA) is 34.1 Å². The number of alkyl halides is 2. The van der Waals surface area contributed by atoms with Crippen molar-refractivity contribution >= 4 is 11.6 Å². The third-order valence-corrected chi connectivity index (χ3v) is 2.93. The Morgan fingerprint density at radius 3 is 2.11 bits per heavy atom. The molecule has 0 spiro atoms. The number of unbranched alkanes of at least 4 members (excludes halogenated alkanes) is 4. The summed E-state index contributed by atoms with van der Waals surface area (Å²) in [6, 6.07) is 0. The minimum absolute atomic E-state index is 0.00390. The van der Waals surface area contributed by atoms with Crippen LogP contribution in [0.25, 0.3) is 0 Å². The summed E-state index contributed by atoms with van der Waals surface area (Å²) in [6.07, 6.45) is 3.93. The maximum atomic E-state index is 13.4. The van der Waals surface area contributed by atoms with Gasteiger partial charge in [-0.2, -0.15) is 8.78 Å². The van der Waals surface area contributed by atoms with E-state index in [9.17, 15) is 18.4 Å². The molecule has 0 heterocycles. The summed E-state index contributed by atoms with van der Waals surface area (Å²) in [5, 5.41) is 0. The second-order valence-corrected chi connectivity index (χ2v) is 4.85. The number of hydrogen-bond acceptors (Lipinski definition) is 2. The number of Topliss-reactive ketones (excluding diaryl/α,β-unsaturated/α-hetero) is 2. The van der Waals surface area contributed by atoms with Crippen LogP contribution in [0.1, 0.15) is 71.6 Å². The second kappa shape index (κ2) is 9.17. The van der Waals surface area contributed by atoms with E-state index in [2.05, 4.69) is 0 Å². The Bertz CT molecular complexity index is 263. The highest BCUT2D eigenvalue weighted by molar-refractivity contribution is 5.85. The number of rotatable bonds is 11. The van der Waals surface area contributed by atoms with Crippen molar-refractivity contribution in [1.82, 2.24) is 0 Å². The first kappa shape index (κ1) is 17.2. The Kier molecular flexibility index (Phi) is 8.77. The maximum absolute atomic E-state index is 13.4. The number of halogens is 2. The molecule has 0 aromatic carbocycles. The summed E-state index contributed by atoms with van der Waals surface area (Å²) in [5.41, 5.74) is 0. The van der Waals surface area contributed by atoms with Gasteiger partial charge in [-0.05, 0) is 26.2 Å². The summed E-state index contributed by atoms with van der Waals surface area (Å²) in [7, 11) is 0. The van der Waals surface area contributed by atoms with Gasteiger partial charge in [0.15, 0.2) is 0 Å². The molecule has 0 N–H and O–H groups in total. The molecule has 0 aliphatic heterocycles. The summed E-state index contributed by atoms with van der Waals surface area (Å²) in [4.78, 5) is 22.0. The van der Waals surface area contributed by atoms with Crippen LogP contribution in [-0.2, 0) is 9.59 Å². The van der Waals surface area contributed by atoms with Crippen molar-refractivity contribution < 1.29 is 18.4 Å². The van der Waals surface area contributed by atoms with Crippen LogP contribution in [0.2, 0.25) is 0 Å². The second-order valence-electron chi connectivity index (χ2n) is 4.85. The van der Waals surface area contributed by atoms with Crippen LogP contribution in [0.15, 0.2) is 0 Å². The number of hydrogen-bond donors (Lipinski definition) is 0. The van der Waals surface area contributed by atoms with Crippen LogP contribution >= 0.6 is 0 Å². The quantitative estimate of drug-likeness (QED) is 0.520. The largest absolute Gasteiger partial charge is 0.305 e. The van der Waals surface area contributed by atoms with Crippen LogP contribution in [0.3, 0.4) is 0 Å². The third kappa shape index (κ3) is 8.31. The fourth-order valence-corrected chi connectivity index (χ4v) is 1.76. The van der Waals surface area contributed by atoms with Gasteiger partial charge < -0.3 is 4.79 Å². The fourth-order valence-electron chi connectivity index (χ4n) is 1.76. The Balaban J connectivity index is 3.81. The van der Waals surface area contributed by atoms with Gasteiger partial charge in [0.25, 0.3) is 0 Å². The van der Waals surface area contributed by atoms with Gasteiger partial charge in [-0.3, -0.25) is 4.79 Å². The summed E-state index contributed by atoms with van der Waals surface area (Å²) < 4.78 is 26.8. The van der Waals surface area contributed by atoms with E-state index in [4.69, 9.17) is 0 Å². The van der Waals surface area contributed by atoms with Crippen LogP contribution in [0.4, 0.5) is 8.78 Å². The van der Waals surface area contributed by atoms with E-state index in [1.807, 2.05) is 6.92 Å². The van der Waals surface area contributed by atoms with Crippen molar-refractivity contribution in [3.63, 3.8) is 0 Å². The van der Waals surface area contributed by atoms with E-state index in [-0.39, 0.29) is 18.6 Å². The summed E-state index contributed by atoms with van der Waals surface area (Å²) in [5.74, 6) is -4.14. The normalized spacial score (nSPS) is 11.6. The standard InChI is InChI=1S/C14H24F2O2/c1-3-4-5-6-10-13(18)14(15,16)11-8-7-9-12(2)17/h3-11H2,1-2H3. The Hall–Kier alpha value is -0.800. The molecule has 0 aliphatic carbocycles. The Morgan fingerprint density at radius 2 is 1.56 bits per heavy atom. The lowest BCUT2D eigenvalue weighted by Gasteiger charge is -2.14. The van der Waals surface area contributed by atoms with E-state index >= 15 is 0 Å². The number of carbonyl (C=O) groups excluding carboxylic acids is 2. The van der Waals surface area contributed by atoms with Crippen molar-refractivity contribution in [1.29, 1.82) is 0 Å². The molecule has 106 valence electrons. The molecule has 0 aliphatic rings. The van der Waals surface area contributed by atoms with Crippen molar-refractivity contribution in [2.24, 2.45) is 0 Å². The van der Waals surface area contributed by atoms with Gasteiger partial charge >= 0.3 is 5.92 Å². The molecule has 0 aromatic rings. The molecule has 0 rings (SSSR count). The van der Waals surface area contributed by atoms with E-state index in [1.54, 1.807) is 0 Å². The molecule has 0 aromatic heterocycles. The average molecular weight is 262 g/mol. The maximum Gasteiger partial charge on any atom is 0.305 e. The molecule has 0 saturated carbocycles. The predicted molar refractivity (Wildman–Crippen MR) is 67.9 cm³/mol. The fraction of sp³-hybridized carbons (Fsp3) is 0.857. The van der Waals surface area contributed by atoms with Crippen LogP contribution in [0.5, 0.6) is 0 Å². The number of ketones is 2. The lowest BCUT2D eigenvalue weighted by molar-refractivity contribution is -0.144. The molecular formula is C14H24F2O2. The molecule has 0 radical (unpaired) electrons. The number of carbonyl (C=O) groups is 2. The highest BCUT2D eigenvalue weighted by Gasteiger charge is 2.36. The van der Waals surface area contributed by atoms with Gasteiger partial charge in [0.1, 0.15) is 5.78 Å². The minimum atomic E-state index is -3.21. The molecule has 0 bridgehead atoms. The molecule has 0 amide bonds. The van der Waals surface area contributed by atoms with Crippen LogP contribution in [0, 0.1) is 0 Å². The lowest BCUT2D eigenvalue weighted by Crippen LogP contribution is -2.28. The van der Waals surface area contributed by atoms with Gasteiger partial charge in [0.2, 0.25) is 5.78 Å². The van der Waals surface area contributed by atoms with Gasteiger partial charge in [-0.1, -0.05) is 26.2 Å². The van der Waals surface area contributed by atoms with Crippen LogP contribution < -0.4 is 0 Å². The van der Waals surface area contributed by atoms with Crippen molar-refractivity contribution in [2.45, 2.75) is 77.6 Å². The zero-order valence-corrected chi connectivity index (χ0v) is 11.4. The molecule has 0 saturated heterocycles. The van der Waals surface area contributed by atoms with E-state index < -0.39 is 18.1 Å². The molecule has 0 unspecified atom stereocenters. The molecule has 18 heavy (non-hydrogen) atoms. The van der Waals surface area contributed by atoms with Gasteiger partial charge in [-0.25, -0.2) is 0 Å². The van der Waals surface area contributed by atoms with Crippen LogP contribution in [-0.4, -0.2) is 17.5 Å². The first-order valence-electron chi connectivity index (χ1n) is 6.80. The average Bonchev–Trinajstić information content (AvgIpc) is 2.30. The monoisotopic (exact) mass is 262 g/mol. The van der Waals surface area contributed by atoms with Crippen molar-refractivity contribution in [3.8, 4) is 0 Å². The molecule has 0 fully saturated rings. The van der Waals surface area contributed by atoms with E-state index in [0.29, 0.717) is 19.3 Å². The van der Waals surface area contributed by atoms with E-state index in [0.717, 1.165) is 19.3 Å². The molecular weight excluding hydrogens is 238 g/mol. The van der Waals surface area contributed by atoms with Gasteiger partial charge in [-0.15, -0.1) is 0 Å². The van der Waals surface area contributed by atoms with Gasteiger partial charge in [0, 0.05) is 19.3 Å². The summed E-state index contributed by atoms with van der Waals surface area (Å²) >= 11 is 0. The third-order valence-electron chi connectivity index (χ3n) is 2.93. The Morgan fingerprint density at radius 1 is 0.944 bits per heavy atom. The molecule has 0 atom stereocenters. The minimum Gasteiger partial charge on any atom is -0.300 e. The van der Waals surface area contributed by atoms with Crippen molar-refractivity contribution in [2.75, 3.05) is 0 Å². The predicted octanol–water partition coefficient (Wildman–Crippen LogP) is 4.31. The van der Waals surface area contributed by atoms with Gasteiger partial charge in [0.05, 0.1) is 0 Å². The molecule has 4 heteroatoms. The summed E-state index contributed by atoms with van der Waals surface area (Å²) in [6.45, 7) is 3.47. The smallest absolute Gasteiger partial charge is 0.300 e. The van der Waals surface area contributed by atoms with E-state index in [1.165, 1.54) is 6.92 Å². The lowest BCUT2D eigenvalue weighted by atomic mass is 10.0.